The first-order valence-electron chi connectivity index (χ1n) is 6.88. The quantitative estimate of drug-likeness (QED) is 0.742. The highest BCUT2D eigenvalue weighted by Crippen LogP contribution is 2.63. The number of rotatable bonds is 3. The van der Waals surface area contributed by atoms with Gasteiger partial charge >= 0.3 is 0 Å². The van der Waals surface area contributed by atoms with Crippen molar-refractivity contribution in [2.75, 3.05) is 13.2 Å². The van der Waals surface area contributed by atoms with Crippen LogP contribution in [0.3, 0.4) is 0 Å². The molecule has 2 aliphatic carbocycles. The van der Waals surface area contributed by atoms with E-state index in [9.17, 15) is 10.2 Å². The highest BCUT2D eigenvalue weighted by molar-refractivity contribution is 5.26. The van der Waals surface area contributed by atoms with Gasteiger partial charge in [0.2, 0.25) is 0 Å². The Labute approximate surface area is 105 Å². The van der Waals surface area contributed by atoms with Gasteiger partial charge in [-0.2, -0.15) is 0 Å². The summed E-state index contributed by atoms with van der Waals surface area (Å²) in [4.78, 5) is 0. The van der Waals surface area contributed by atoms with Gasteiger partial charge in [0.25, 0.3) is 0 Å². The molecule has 0 aromatic carbocycles. The summed E-state index contributed by atoms with van der Waals surface area (Å²) in [5.74, 6) is 2.17. The van der Waals surface area contributed by atoms with Crippen LogP contribution in [0, 0.1) is 35.0 Å². The molecule has 0 aromatic rings. The molecule has 0 radical (unpaired) electrons. The van der Waals surface area contributed by atoms with Crippen molar-refractivity contribution in [3.05, 3.63) is 12.2 Å². The van der Waals surface area contributed by atoms with Gasteiger partial charge in [-0.15, -0.1) is 0 Å². The van der Waals surface area contributed by atoms with Crippen molar-refractivity contribution < 1.29 is 10.2 Å². The molecule has 2 heteroatoms. The van der Waals surface area contributed by atoms with Crippen LogP contribution in [0.4, 0.5) is 0 Å². The maximum Gasteiger partial charge on any atom is 0.0499 e. The van der Waals surface area contributed by atoms with Crippen LogP contribution in [0.1, 0.15) is 33.6 Å². The van der Waals surface area contributed by atoms with Crippen LogP contribution in [0.2, 0.25) is 0 Å². The Morgan fingerprint density at radius 1 is 1.35 bits per heavy atom. The van der Waals surface area contributed by atoms with Gasteiger partial charge in [0.15, 0.2) is 0 Å². The van der Waals surface area contributed by atoms with Crippen molar-refractivity contribution in [3.63, 3.8) is 0 Å². The van der Waals surface area contributed by atoms with Crippen LogP contribution in [0.25, 0.3) is 0 Å². The summed E-state index contributed by atoms with van der Waals surface area (Å²) in [7, 11) is 0. The Morgan fingerprint density at radius 2 is 2.00 bits per heavy atom. The third-order valence-electron chi connectivity index (χ3n) is 5.67. The SMILES string of the molecule is C=C1[C@H](CO)C2[C@@H](C(C)C)CC[C@]1(C)[C@H]2CO. The summed E-state index contributed by atoms with van der Waals surface area (Å²) in [5, 5.41) is 19.4. The number of fused-ring (bicyclic) bond motifs is 2. The van der Waals surface area contributed by atoms with E-state index < -0.39 is 0 Å². The third-order valence-corrected chi connectivity index (χ3v) is 5.67. The number of hydrogen-bond donors (Lipinski definition) is 2. The van der Waals surface area contributed by atoms with Gasteiger partial charge in [-0.1, -0.05) is 32.9 Å². The molecule has 17 heavy (non-hydrogen) atoms. The van der Waals surface area contributed by atoms with Gasteiger partial charge in [-0.3, -0.25) is 0 Å². The standard InChI is InChI=1S/C15H26O2/c1-9(2)11-5-6-15(4)10(3)12(7-16)14(11)13(15)8-17/h9,11-14,16-17H,3,5-8H2,1-2,4H3/t11-,12+,13+,14?,15+/m1/s1. The van der Waals surface area contributed by atoms with Crippen LogP contribution in [-0.2, 0) is 0 Å². The van der Waals surface area contributed by atoms with Gasteiger partial charge in [0.1, 0.15) is 0 Å². The fourth-order valence-electron chi connectivity index (χ4n) is 4.53. The van der Waals surface area contributed by atoms with Crippen molar-refractivity contribution in [2.45, 2.75) is 33.6 Å². The Morgan fingerprint density at radius 3 is 2.47 bits per heavy atom. The summed E-state index contributed by atoms with van der Waals surface area (Å²) >= 11 is 0. The molecule has 0 heterocycles. The van der Waals surface area contributed by atoms with Gasteiger partial charge in [-0.05, 0) is 41.9 Å². The highest BCUT2D eigenvalue weighted by atomic mass is 16.3. The van der Waals surface area contributed by atoms with Crippen molar-refractivity contribution in [1.82, 2.24) is 0 Å². The number of aliphatic hydroxyl groups is 2. The number of aliphatic hydroxyl groups excluding tert-OH is 2. The van der Waals surface area contributed by atoms with E-state index in [0.717, 1.165) is 6.42 Å². The maximum atomic E-state index is 9.74. The Bertz CT molecular complexity index is 310. The molecule has 1 unspecified atom stereocenters. The highest BCUT2D eigenvalue weighted by Gasteiger charge is 2.58. The van der Waals surface area contributed by atoms with Crippen LogP contribution in [0.5, 0.6) is 0 Å². The Kier molecular flexibility index (Phi) is 3.39. The molecule has 2 fully saturated rings. The summed E-state index contributed by atoms with van der Waals surface area (Å²) in [6.45, 7) is 11.4. The predicted molar refractivity (Wildman–Crippen MR) is 69.5 cm³/mol. The second-order valence-corrected chi connectivity index (χ2v) is 6.54. The third kappa shape index (κ3) is 1.68. The molecule has 0 aromatic heterocycles. The molecule has 0 spiro atoms. The van der Waals surface area contributed by atoms with E-state index in [1.807, 2.05) is 0 Å². The van der Waals surface area contributed by atoms with E-state index >= 15 is 0 Å². The van der Waals surface area contributed by atoms with Crippen LogP contribution in [0.15, 0.2) is 12.2 Å². The monoisotopic (exact) mass is 238 g/mol. The zero-order chi connectivity index (χ0) is 12.8. The molecule has 2 aliphatic rings. The Hall–Kier alpha value is -0.340. The van der Waals surface area contributed by atoms with Crippen LogP contribution >= 0.6 is 0 Å². The lowest BCUT2D eigenvalue weighted by molar-refractivity contribution is 0.00870. The average Bonchev–Trinajstić information content (AvgIpc) is 2.41. The molecule has 0 saturated heterocycles. The van der Waals surface area contributed by atoms with Crippen LogP contribution < -0.4 is 0 Å². The average molecular weight is 238 g/mol. The van der Waals surface area contributed by atoms with Gasteiger partial charge < -0.3 is 10.2 Å². The van der Waals surface area contributed by atoms with Crippen molar-refractivity contribution >= 4 is 0 Å². The zero-order valence-electron chi connectivity index (χ0n) is 11.3. The first-order chi connectivity index (χ1) is 7.97. The van der Waals surface area contributed by atoms with Crippen molar-refractivity contribution in [3.8, 4) is 0 Å². The fraction of sp³-hybridized carbons (Fsp3) is 0.867. The molecular weight excluding hydrogens is 212 g/mol. The lowest BCUT2D eigenvalue weighted by atomic mass is 9.61. The summed E-state index contributed by atoms with van der Waals surface area (Å²) in [6.07, 6.45) is 2.33. The van der Waals surface area contributed by atoms with Gasteiger partial charge in [0.05, 0.1) is 0 Å². The largest absolute Gasteiger partial charge is 0.396 e. The zero-order valence-corrected chi connectivity index (χ0v) is 11.3. The lowest BCUT2D eigenvalue weighted by Crippen LogP contribution is -2.40. The lowest BCUT2D eigenvalue weighted by Gasteiger charge is -2.43. The normalized spacial score (nSPS) is 45.6. The van der Waals surface area contributed by atoms with E-state index in [4.69, 9.17) is 0 Å². The molecule has 2 bridgehead atoms. The van der Waals surface area contributed by atoms with Gasteiger partial charge in [-0.25, -0.2) is 0 Å². The van der Waals surface area contributed by atoms with E-state index in [2.05, 4.69) is 27.4 Å². The maximum absolute atomic E-state index is 9.74. The Balaban J connectivity index is 2.39. The molecule has 2 nitrogen and oxygen atoms in total. The van der Waals surface area contributed by atoms with E-state index in [-0.39, 0.29) is 24.5 Å². The van der Waals surface area contributed by atoms with Crippen molar-refractivity contribution in [1.29, 1.82) is 0 Å². The van der Waals surface area contributed by atoms with Gasteiger partial charge in [0, 0.05) is 19.1 Å². The summed E-state index contributed by atoms with van der Waals surface area (Å²) < 4.78 is 0. The van der Waals surface area contributed by atoms with E-state index in [1.54, 1.807) is 0 Å². The molecule has 2 N–H and O–H groups in total. The molecule has 0 amide bonds. The van der Waals surface area contributed by atoms with E-state index in [1.165, 1.54) is 12.0 Å². The first kappa shape index (κ1) is 13.1. The minimum absolute atomic E-state index is 0.0538. The summed E-state index contributed by atoms with van der Waals surface area (Å²) in [5.41, 5.74) is 1.24. The fourth-order valence-corrected chi connectivity index (χ4v) is 4.53. The molecule has 2 rings (SSSR count). The smallest absolute Gasteiger partial charge is 0.0499 e. The topological polar surface area (TPSA) is 40.5 Å². The molecular formula is C15H26O2. The predicted octanol–water partition coefficient (Wildman–Crippen LogP) is 2.46. The minimum Gasteiger partial charge on any atom is -0.396 e. The van der Waals surface area contributed by atoms with Crippen LogP contribution in [-0.4, -0.2) is 23.4 Å². The molecule has 5 atom stereocenters. The van der Waals surface area contributed by atoms with E-state index in [0.29, 0.717) is 23.7 Å². The second-order valence-electron chi connectivity index (χ2n) is 6.54. The first-order valence-corrected chi connectivity index (χ1v) is 6.88. The summed E-state index contributed by atoms with van der Waals surface area (Å²) in [6, 6.07) is 0. The molecule has 98 valence electrons. The molecule has 2 saturated carbocycles. The molecule has 0 aliphatic heterocycles. The second kappa shape index (κ2) is 4.40. The van der Waals surface area contributed by atoms with Crippen molar-refractivity contribution in [2.24, 2.45) is 35.0 Å². The minimum atomic E-state index is 0.0538. The number of hydrogen-bond acceptors (Lipinski definition) is 2.